The summed E-state index contributed by atoms with van der Waals surface area (Å²) < 4.78 is 7.67. The summed E-state index contributed by atoms with van der Waals surface area (Å²) in [5, 5.41) is 4.42. The highest BCUT2D eigenvalue weighted by molar-refractivity contribution is 5.25. The molecule has 3 heterocycles. The van der Waals surface area contributed by atoms with Gasteiger partial charge < -0.3 is 4.74 Å². The van der Waals surface area contributed by atoms with Crippen molar-refractivity contribution in [2.75, 3.05) is 19.8 Å². The van der Waals surface area contributed by atoms with Crippen LogP contribution < -0.4 is 0 Å². The van der Waals surface area contributed by atoms with Crippen molar-refractivity contribution < 1.29 is 4.74 Å². The molecular formula is C16H22N4O. The Labute approximate surface area is 125 Å². The normalized spacial score (nSPS) is 18.7. The van der Waals surface area contributed by atoms with Crippen LogP contribution >= 0.6 is 0 Å². The van der Waals surface area contributed by atoms with E-state index >= 15 is 0 Å². The Balaban J connectivity index is 1.77. The van der Waals surface area contributed by atoms with Crippen LogP contribution in [0.25, 0.3) is 0 Å². The number of aromatic nitrogens is 3. The first-order valence-electron chi connectivity index (χ1n) is 7.47. The molecule has 0 bridgehead atoms. The molecule has 3 rings (SSSR count). The van der Waals surface area contributed by atoms with E-state index in [2.05, 4.69) is 21.0 Å². The molecule has 0 saturated carbocycles. The Morgan fingerprint density at radius 3 is 3.05 bits per heavy atom. The summed E-state index contributed by atoms with van der Waals surface area (Å²) in [6.07, 6.45) is 5.75. The fourth-order valence-corrected chi connectivity index (χ4v) is 3.11. The molecule has 0 spiro atoms. The van der Waals surface area contributed by atoms with E-state index < -0.39 is 0 Å². The minimum absolute atomic E-state index is 0.387. The zero-order valence-corrected chi connectivity index (χ0v) is 12.7. The van der Waals surface area contributed by atoms with Crippen molar-refractivity contribution in [2.45, 2.75) is 25.9 Å². The standard InChI is InChI=1S/C16H22N4O/c1-3-21-12-15-11-20(9-13-5-4-6-17-7-13)10-14-8-18-19(2)16(14)15/h4-8,15H,3,9-12H2,1-2H3. The molecule has 1 aliphatic rings. The molecule has 0 fully saturated rings. The van der Waals surface area contributed by atoms with E-state index in [1.54, 1.807) is 0 Å². The molecule has 5 nitrogen and oxygen atoms in total. The van der Waals surface area contributed by atoms with Gasteiger partial charge in [0.1, 0.15) is 0 Å². The summed E-state index contributed by atoms with van der Waals surface area (Å²) in [7, 11) is 2.02. The Kier molecular flexibility index (Phi) is 4.31. The van der Waals surface area contributed by atoms with Crippen LogP contribution in [0.4, 0.5) is 0 Å². The van der Waals surface area contributed by atoms with Crippen molar-refractivity contribution in [1.82, 2.24) is 19.7 Å². The molecule has 1 aliphatic heterocycles. The molecule has 5 heteroatoms. The van der Waals surface area contributed by atoms with Gasteiger partial charge in [0.05, 0.1) is 12.8 Å². The highest BCUT2D eigenvalue weighted by atomic mass is 16.5. The second-order valence-corrected chi connectivity index (χ2v) is 5.57. The van der Waals surface area contributed by atoms with Crippen molar-refractivity contribution in [3.8, 4) is 0 Å². The number of nitrogens with zero attached hydrogens (tertiary/aromatic N) is 4. The van der Waals surface area contributed by atoms with Gasteiger partial charge in [-0.1, -0.05) is 6.07 Å². The Hall–Kier alpha value is -1.72. The van der Waals surface area contributed by atoms with Gasteiger partial charge in [-0.05, 0) is 18.6 Å². The minimum atomic E-state index is 0.387. The number of pyridine rings is 1. The predicted octanol–water partition coefficient (Wildman–Crippen LogP) is 1.95. The number of hydrogen-bond acceptors (Lipinski definition) is 4. The smallest absolute Gasteiger partial charge is 0.0562 e. The van der Waals surface area contributed by atoms with Crippen LogP contribution in [0.1, 0.15) is 29.7 Å². The molecule has 0 saturated heterocycles. The van der Waals surface area contributed by atoms with E-state index in [1.165, 1.54) is 16.8 Å². The third-order valence-corrected chi connectivity index (χ3v) is 3.98. The average molecular weight is 286 g/mol. The molecule has 0 N–H and O–H groups in total. The highest BCUT2D eigenvalue weighted by Crippen LogP contribution is 2.29. The van der Waals surface area contributed by atoms with Crippen LogP contribution in [0.5, 0.6) is 0 Å². The molecular weight excluding hydrogens is 264 g/mol. The van der Waals surface area contributed by atoms with Gasteiger partial charge in [0, 0.05) is 62.9 Å². The fourth-order valence-electron chi connectivity index (χ4n) is 3.11. The van der Waals surface area contributed by atoms with Crippen LogP contribution in [0.3, 0.4) is 0 Å². The monoisotopic (exact) mass is 286 g/mol. The van der Waals surface area contributed by atoms with E-state index in [0.29, 0.717) is 5.92 Å². The lowest BCUT2D eigenvalue weighted by Gasteiger charge is -2.33. The molecule has 0 aliphatic carbocycles. The van der Waals surface area contributed by atoms with Gasteiger partial charge in [-0.3, -0.25) is 14.6 Å². The molecule has 1 unspecified atom stereocenters. The van der Waals surface area contributed by atoms with E-state index in [1.807, 2.05) is 43.3 Å². The van der Waals surface area contributed by atoms with Gasteiger partial charge in [0.2, 0.25) is 0 Å². The number of aryl methyl sites for hydroxylation is 1. The first-order valence-corrected chi connectivity index (χ1v) is 7.47. The van der Waals surface area contributed by atoms with Gasteiger partial charge in [-0.15, -0.1) is 0 Å². The maximum atomic E-state index is 5.67. The molecule has 0 aromatic carbocycles. The van der Waals surface area contributed by atoms with Crippen molar-refractivity contribution >= 4 is 0 Å². The van der Waals surface area contributed by atoms with Crippen molar-refractivity contribution in [3.05, 3.63) is 47.5 Å². The summed E-state index contributed by atoms with van der Waals surface area (Å²) >= 11 is 0. The lowest BCUT2D eigenvalue weighted by molar-refractivity contribution is 0.102. The van der Waals surface area contributed by atoms with Crippen LogP contribution in [-0.2, 0) is 24.9 Å². The molecule has 0 radical (unpaired) electrons. The third kappa shape index (κ3) is 3.14. The molecule has 2 aromatic heterocycles. The predicted molar refractivity (Wildman–Crippen MR) is 80.8 cm³/mol. The third-order valence-electron chi connectivity index (χ3n) is 3.98. The maximum Gasteiger partial charge on any atom is 0.0562 e. The zero-order chi connectivity index (χ0) is 14.7. The topological polar surface area (TPSA) is 43.2 Å². The Morgan fingerprint density at radius 1 is 1.38 bits per heavy atom. The first-order chi connectivity index (χ1) is 10.3. The number of fused-ring (bicyclic) bond motifs is 1. The van der Waals surface area contributed by atoms with Crippen molar-refractivity contribution in [3.63, 3.8) is 0 Å². The van der Waals surface area contributed by atoms with Gasteiger partial charge >= 0.3 is 0 Å². The van der Waals surface area contributed by atoms with E-state index in [4.69, 9.17) is 4.74 Å². The van der Waals surface area contributed by atoms with Gasteiger partial charge in [0.15, 0.2) is 0 Å². The Morgan fingerprint density at radius 2 is 2.29 bits per heavy atom. The number of ether oxygens (including phenoxy) is 1. The van der Waals surface area contributed by atoms with E-state index in [0.717, 1.165) is 32.8 Å². The van der Waals surface area contributed by atoms with Crippen LogP contribution in [0.15, 0.2) is 30.7 Å². The van der Waals surface area contributed by atoms with Gasteiger partial charge in [0.25, 0.3) is 0 Å². The quantitative estimate of drug-likeness (QED) is 0.842. The Bertz CT molecular complexity index is 581. The SMILES string of the molecule is CCOCC1CN(Cc2cccnc2)Cc2cnn(C)c21. The van der Waals surface area contributed by atoms with Gasteiger partial charge in [-0.2, -0.15) is 5.10 Å². The van der Waals surface area contributed by atoms with E-state index in [-0.39, 0.29) is 0 Å². The van der Waals surface area contributed by atoms with Crippen molar-refractivity contribution in [1.29, 1.82) is 0 Å². The summed E-state index contributed by atoms with van der Waals surface area (Å²) in [6.45, 7) is 6.42. The largest absolute Gasteiger partial charge is 0.381 e. The lowest BCUT2D eigenvalue weighted by Crippen LogP contribution is -2.35. The number of rotatable bonds is 5. The first kappa shape index (κ1) is 14.2. The molecule has 1 atom stereocenters. The van der Waals surface area contributed by atoms with Crippen LogP contribution in [-0.4, -0.2) is 39.4 Å². The molecule has 21 heavy (non-hydrogen) atoms. The van der Waals surface area contributed by atoms with E-state index in [9.17, 15) is 0 Å². The second kappa shape index (κ2) is 6.37. The molecule has 2 aromatic rings. The molecule has 112 valence electrons. The highest BCUT2D eigenvalue weighted by Gasteiger charge is 2.28. The lowest BCUT2D eigenvalue weighted by atomic mass is 9.96. The summed E-state index contributed by atoms with van der Waals surface area (Å²) in [5.41, 5.74) is 3.89. The summed E-state index contributed by atoms with van der Waals surface area (Å²) in [5.74, 6) is 0.387. The van der Waals surface area contributed by atoms with Crippen LogP contribution in [0, 0.1) is 0 Å². The van der Waals surface area contributed by atoms with Gasteiger partial charge in [-0.25, -0.2) is 0 Å². The fraction of sp³-hybridized carbons (Fsp3) is 0.500. The maximum absolute atomic E-state index is 5.67. The average Bonchev–Trinajstić information content (AvgIpc) is 2.87. The molecule has 0 amide bonds. The minimum Gasteiger partial charge on any atom is -0.381 e. The number of hydrogen-bond donors (Lipinski definition) is 0. The zero-order valence-electron chi connectivity index (χ0n) is 12.7. The van der Waals surface area contributed by atoms with Crippen LogP contribution in [0.2, 0.25) is 0 Å². The second-order valence-electron chi connectivity index (χ2n) is 5.57. The van der Waals surface area contributed by atoms with Crippen molar-refractivity contribution in [2.24, 2.45) is 7.05 Å². The summed E-state index contributed by atoms with van der Waals surface area (Å²) in [4.78, 5) is 6.65. The summed E-state index contributed by atoms with van der Waals surface area (Å²) in [6, 6.07) is 4.12.